The Morgan fingerprint density at radius 2 is 1.46 bits per heavy atom. The van der Waals surface area contributed by atoms with Crippen molar-refractivity contribution in [3.63, 3.8) is 0 Å². The molecule has 3 amide bonds. The number of allylic oxidation sites excluding steroid dienone is 2. The molecule has 17 nitrogen and oxygen atoms in total. The molecule has 0 spiro atoms. The van der Waals surface area contributed by atoms with Crippen LogP contribution in [0.2, 0.25) is 0 Å². The summed E-state index contributed by atoms with van der Waals surface area (Å²) in [5.74, 6) is 1.83. The molecule has 6 aromatic rings. The Bertz CT molecular complexity index is 3000. The number of fused-ring (bicyclic) bond motifs is 5. The van der Waals surface area contributed by atoms with E-state index in [2.05, 4.69) is 86.0 Å². The van der Waals surface area contributed by atoms with Crippen molar-refractivity contribution in [3.8, 4) is 39.5 Å². The number of thiazole rings is 1. The largest absolute Gasteiger partial charge is 0.464 e. The minimum absolute atomic E-state index is 0.0894. The zero-order valence-corrected chi connectivity index (χ0v) is 46.8. The van der Waals surface area contributed by atoms with Crippen LogP contribution < -0.4 is 15.4 Å². The van der Waals surface area contributed by atoms with E-state index in [9.17, 15) is 19.2 Å². The van der Waals surface area contributed by atoms with Crippen molar-refractivity contribution in [2.75, 3.05) is 34.4 Å². The molecule has 0 radical (unpaired) electrons. The van der Waals surface area contributed by atoms with Gasteiger partial charge in [0.1, 0.15) is 35.5 Å². The summed E-state index contributed by atoms with van der Waals surface area (Å²) in [7, 11) is 4.68. The maximum Gasteiger partial charge on any atom is 0.407 e. The van der Waals surface area contributed by atoms with E-state index in [0.29, 0.717) is 53.6 Å². The number of likely N-dealkylation sites (tertiary alicyclic amines) is 2. The SMILES string of the molecule is CC.CC=C(C)C.COC(=O)NC(C(=O)N1CCCC1c1ncc(-c2cc(F)c3c(c2)OC(c2cnc(C4CC4)s2)n2c-3cc3cc(-c4cnc(C5CCCN5C)[nH]4)ccc32)[nH]1)C(C)C.COC(=O)NC(C=O)C(C)C. The first kappa shape index (κ1) is 56.9. The van der Waals surface area contributed by atoms with Crippen LogP contribution in [0.4, 0.5) is 14.0 Å². The fraction of sp³-hybridized carbons (Fsp3) is 0.491. The Kier molecular flexibility index (Phi) is 18.9. The monoisotopic (exact) mass is 1060 g/mol. The zero-order valence-electron chi connectivity index (χ0n) is 46.0. The molecule has 1 aliphatic carbocycles. The molecule has 4 N–H and O–H groups in total. The van der Waals surface area contributed by atoms with Gasteiger partial charge in [-0.15, -0.1) is 11.3 Å². The highest BCUT2D eigenvalue weighted by atomic mass is 32.1. The Labute approximate surface area is 449 Å². The number of imidazole rings is 2. The first-order valence-electron chi connectivity index (χ1n) is 26.5. The van der Waals surface area contributed by atoms with E-state index < -0.39 is 36.3 Å². The summed E-state index contributed by atoms with van der Waals surface area (Å²) in [4.78, 5) is 73.0. The molecule has 408 valence electrons. The smallest absolute Gasteiger partial charge is 0.407 e. The van der Waals surface area contributed by atoms with Crippen molar-refractivity contribution in [1.29, 1.82) is 0 Å². The number of nitrogens with zero attached hydrogens (tertiary/aromatic N) is 6. The third-order valence-electron chi connectivity index (χ3n) is 14.1. The van der Waals surface area contributed by atoms with E-state index >= 15 is 4.39 Å². The summed E-state index contributed by atoms with van der Waals surface area (Å²) in [5, 5.41) is 7.16. The number of amides is 3. The van der Waals surface area contributed by atoms with Crippen LogP contribution in [0.3, 0.4) is 0 Å². The number of H-pyrrole nitrogens is 2. The van der Waals surface area contributed by atoms with Gasteiger partial charge < -0.3 is 44.5 Å². The number of hydrogen-bond donors (Lipinski definition) is 4. The Balaban J connectivity index is 0.000000404. The van der Waals surface area contributed by atoms with E-state index in [4.69, 9.17) is 24.4 Å². The van der Waals surface area contributed by atoms with Gasteiger partial charge in [0, 0.05) is 35.2 Å². The van der Waals surface area contributed by atoms with Crippen LogP contribution in [0.1, 0.15) is 147 Å². The van der Waals surface area contributed by atoms with Gasteiger partial charge in [0.2, 0.25) is 12.1 Å². The van der Waals surface area contributed by atoms with Crippen LogP contribution in [0.15, 0.2) is 66.6 Å². The van der Waals surface area contributed by atoms with Crippen LogP contribution in [0.25, 0.3) is 44.7 Å². The van der Waals surface area contributed by atoms with Gasteiger partial charge in [-0.3, -0.25) is 14.3 Å². The van der Waals surface area contributed by atoms with Crippen molar-refractivity contribution in [1.82, 2.24) is 49.9 Å². The Morgan fingerprint density at radius 3 is 2.05 bits per heavy atom. The lowest BCUT2D eigenvalue weighted by Crippen LogP contribution is -2.51. The summed E-state index contributed by atoms with van der Waals surface area (Å²) in [6.45, 7) is 19.3. The number of aromatic amines is 2. The van der Waals surface area contributed by atoms with Crippen LogP contribution in [-0.2, 0) is 19.1 Å². The van der Waals surface area contributed by atoms with Crippen LogP contribution in [-0.4, -0.2) is 110 Å². The van der Waals surface area contributed by atoms with Crippen molar-refractivity contribution in [2.45, 2.75) is 137 Å². The molecule has 76 heavy (non-hydrogen) atoms. The highest BCUT2D eigenvalue weighted by molar-refractivity contribution is 7.11. The number of aldehydes is 1. The number of rotatable bonds is 12. The number of hydrogen-bond acceptors (Lipinski definition) is 12. The van der Waals surface area contributed by atoms with Crippen molar-refractivity contribution in [2.24, 2.45) is 11.8 Å². The molecule has 5 unspecified atom stereocenters. The standard InChI is InChI=1S/C43H46FN9O4S.C7H13NO3.C5H10.C2H6/c1-22(2)37(50-43(55)56-4)41(54)52-14-6-8-32(52)39-46-20-29(49-39)25-16-27(44)36-33-17-26-15-24(28-19-45-38(48-28)31-7-5-13-51(31)3)11-12-30(26)53(33)42(57-34(36)18-25)35-21-47-40(58-35)23-9-10-23;1-5(2)6(4-9)8-7(10)11-3;1-4-5(2)3;1-2/h11-12,15-23,31-32,37,42H,5-10,13-14H2,1-4H3,(H,45,48)(H,46,49)(H,50,55);4-6H,1-3H3,(H,8,10);4H,1-3H3;1-2H3. The minimum Gasteiger partial charge on any atom is -0.464 e. The number of alkyl carbamates (subject to hydrolysis) is 2. The molecule has 2 saturated heterocycles. The molecule has 3 fully saturated rings. The molecule has 10 rings (SSSR count). The summed E-state index contributed by atoms with van der Waals surface area (Å²) in [6, 6.07) is 10.5. The normalized spacial score (nSPS) is 18.4. The molecule has 2 aromatic carbocycles. The number of benzene rings is 2. The average Bonchev–Trinajstić information content (AvgIpc) is 4.16. The number of methoxy groups -OCH3 is 2. The molecule has 5 atom stereocenters. The number of aromatic nitrogens is 6. The van der Waals surface area contributed by atoms with E-state index in [1.54, 1.807) is 22.4 Å². The number of nitrogens with one attached hydrogen (secondary N) is 4. The topological polar surface area (TPSA) is 202 Å². The lowest BCUT2D eigenvalue weighted by atomic mass is 10.0. The van der Waals surface area contributed by atoms with E-state index in [1.807, 2.05) is 66.9 Å². The molecule has 4 aliphatic rings. The van der Waals surface area contributed by atoms with Gasteiger partial charge in [-0.05, 0) is 115 Å². The van der Waals surface area contributed by atoms with Crippen LogP contribution >= 0.6 is 11.3 Å². The summed E-state index contributed by atoms with van der Waals surface area (Å²) in [5.41, 5.74) is 6.58. The number of carbonyl (C=O) groups excluding carboxylic acids is 4. The predicted octanol–water partition coefficient (Wildman–Crippen LogP) is 11.9. The van der Waals surface area contributed by atoms with Gasteiger partial charge >= 0.3 is 12.2 Å². The molecule has 4 aromatic heterocycles. The van der Waals surface area contributed by atoms with Gasteiger partial charge in [-0.1, -0.05) is 59.3 Å². The third-order valence-corrected chi connectivity index (χ3v) is 15.3. The third kappa shape index (κ3) is 12.7. The van der Waals surface area contributed by atoms with Gasteiger partial charge in [0.05, 0.1) is 82.8 Å². The molecule has 0 bridgehead atoms. The van der Waals surface area contributed by atoms with Gasteiger partial charge in [-0.2, -0.15) is 0 Å². The number of ether oxygens (including phenoxy) is 3. The molecular formula is C57H75FN10O7S. The molecule has 3 aliphatic heterocycles. The minimum atomic E-state index is -0.745. The Morgan fingerprint density at radius 1 is 0.829 bits per heavy atom. The lowest BCUT2D eigenvalue weighted by Gasteiger charge is -2.30. The van der Waals surface area contributed by atoms with Gasteiger partial charge in [0.15, 0.2) is 0 Å². The van der Waals surface area contributed by atoms with Crippen molar-refractivity contribution < 1.29 is 37.8 Å². The Hall–Kier alpha value is -6.86. The van der Waals surface area contributed by atoms with Gasteiger partial charge in [0.25, 0.3) is 0 Å². The number of halogens is 1. The fourth-order valence-corrected chi connectivity index (χ4v) is 10.6. The van der Waals surface area contributed by atoms with E-state index in [-0.39, 0.29) is 29.8 Å². The predicted molar refractivity (Wildman–Crippen MR) is 294 cm³/mol. The van der Waals surface area contributed by atoms with Crippen LogP contribution in [0, 0.1) is 17.7 Å². The highest BCUT2D eigenvalue weighted by Crippen LogP contribution is 2.50. The zero-order chi connectivity index (χ0) is 55.0. The van der Waals surface area contributed by atoms with Crippen LogP contribution in [0.5, 0.6) is 5.75 Å². The average molecular weight is 1060 g/mol. The van der Waals surface area contributed by atoms with Crippen molar-refractivity contribution >= 4 is 46.6 Å². The van der Waals surface area contributed by atoms with E-state index in [1.165, 1.54) is 25.9 Å². The maximum absolute atomic E-state index is 16.7. The molecule has 1 saturated carbocycles. The number of carbonyl (C=O) groups is 4. The molecular weight excluding hydrogens is 988 g/mol. The second-order valence-corrected chi connectivity index (χ2v) is 21.4. The molecule has 19 heteroatoms. The maximum atomic E-state index is 16.7. The lowest BCUT2D eigenvalue weighted by molar-refractivity contribution is -0.135. The van der Waals surface area contributed by atoms with Crippen molar-refractivity contribution in [3.05, 3.63) is 94.0 Å². The molecule has 7 heterocycles. The quantitative estimate of drug-likeness (QED) is 0.0671. The van der Waals surface area contributed by atoms with Gasteiger partial charge in [-0.25, -0.2) is 28.9 Å². The van der Waals surface area contributed by atoms with E-state index in [0.717, 1.165) is 82.2 Å². The summed E-state index contributed by atoms with van der Waals surface area (Å²) >= 11 is 1.66. The second kappa shape index (κ2) is 25.3. The second-order valence-electron chi connectivity index (χ2n) is 20.3. The summed E-state index contributed by atoms with van der Waals surface area (Å²) in [6.07, 6.45) is 12.5. The fourth-order valence-electron chi connectivity index (χ4n) is 9.53. The summed E-state index contributed by atoms with van der Waals surface area (Å²) < 4.78 is 34.8. The first-order valence-corrected chi connectivity index (χ1v) is 27.3. The first-order chi connectivity index (χ1) is 36.5. The highest BCUT2D eigenvalue weighted by Gasteiger charge is 2.39.